The molecule has 2 aliphatic rings. The molecule has 4 heterocycles. The van der Waals surface area contributed by atoms with E-state index < -0.39 is 17.7 Å². The van der Waals surface area contributed by atoms with Crippen LogP contribution in [0.3, 0.4) is 0 Å². The van der Waals surface area contributed by atoms with E-state index in [9.17, 15) is 4.79 Å². The molecular weight excluding hydrogens is 474 g/mol. The number of pyridine rings is 1. The highest BCUT2D eigenvalue weighted by molar-refractivity contribution is 7.21. The van der Waals surface area contributed by atoms with E-state index >= 15 is 8.78 Å². The number of anilines is 2. The third kappa shape index (κ3) is 4.29. The monoisotopic (exact) mass is 502 g/mol. The average Bonchev–Trinajstić information content (AvgIpc) is 3.41. The summed E-state index contributed by atoms with van der Waals surface area (Å²) in [6.45, 7) is 5.67. The lowest BCUT2D eigenvalue weighted by molar-refractivity contribution is 0.0918. The summed E-state index contributed by atoms with van der Waals surface area (Å²) in [5, 5.41) is 3.64. The molecule has 0 spiro atoms. The zero-order valence-corrected chi connectivity index (χ0v) is 20.7. The first-order valence-electron chi connectivity index (χ1n) is 11.6. The second-order valence-electron chi connectivity index (χ2n) is 9.35. The molecule has 1 aromatic carbocycles. The number of carbonyl (C=O) groups is 1. The Morgan fingerprint density at radius 3 is 2.94 bits per heavy atom. The summed E-state index contributed by atoms with van der Waals surface area (Å²) >= 11 is 1.22. The van der Waals surface area contributed by atoms with Crippen molar-refractivity contribution < 1.29 is 23.0 Å². The maximum Gasteiger partial charge on any atom is 0.263 e. The lowest BCUT2D eigenvalue weighted by Crippen LogP contribution is -2.43. The van der Waals surface area contributed by atoms with Crippen LogP contribution in [0, 0.1) is 31.4 Å². The highest BCUT2D eigenvalue weighted by atomic mass is 32.1. The van der Waals surface area contributed by atoms with E-state index in [0.29, 0.717) is 35.1 Å². The number of carbonyl (C=O) groups excluding carboxylic acids is 1. The largest absolute Gasteiger partial charge is 0.488 e. The Hall–Kier alpha value is -2.98. The zero-order chi connectivity index (χ0) is 24.9. The average molecular weight is 503 g/mol. The summed E-state index contributed by atoms with van der Waals surface area (Å²) in [5.41, 5.74) is 8.80. The molecule has 0 aliphatic carbocycles. The van der Waals surface area contributed by atoms with Crippen LogP contribution < -0.4 is 20.7 Å². The van der Waals surface area contributed by atoms with Gasteiger partial charge in [0.2, 0.25) is 0 Å². The van der Waals surface area contributed by atoms with Gasteiger partial charge >= 0.3 is 0 Å². The number of aromatic nitrogens is 1. The Morgan fingerprint density at radius 1 is 1.37 bits per heavy atom. The number of hydrogen-bond acceptors (Lipinski definition) is 7. The van der Waals surface area contributed by atoms with Gasteiger partial charge in [0.25, 0.3) is 5.91 Å². The number of aryl methyl sites for hydroxylation is 2. The first kappa shape index (κ1) is 23.7. The minimum Gasteiger partial charge on any atom is -0.488 e. The fourth-order valence-corrected chi connectivity index (χ4v) is 6.21. The SMILES string of the molecule is COC[C@@H]1CCN(c2cc(F)c3c(c2F)OC[C@H](NC(=O)c2sc4nc(C)cc(C)c4c2N)C3)C1. The van der Waals surface area contributed by atoms with E-state index in [4.69, 9.17) is 15.2 Å². The summed E-state index contributed by atoms with van der Waals surface area (Å²) < 4.78 is 41.3. The van der Waals surface area contributed by atoms with Crippen molar-refractivity contribution in [3.05, 3.63) is 45.5 Å². The van der Waals surface area contributed by atoms with Crippen LogP contribution in [0.5, 0.6) is 5.75 Å². The maximum absolute atomic E-state index is 15.3. The van der Waals surface area contributed by atoms with Crippen molar-refractivity contribution in [3.63, 3.8) is 0 Å². The van der Waals surface area contributed by atoms with Crippen LogP contribution in [0.15, 0.2) is 12.1 Å². The standard InChI is InChI=1S/C25H28F2N4O3S/c1-12-6-13(2)29-25-19(12)21(28)23(35-25)24(32)30-15-7-16-17(26)8-18(20(27)22(16)34-11-15)31-5-4-14(9-31)10-33-3/h6,8,14-15H,4-5,7,9-11,28H2,1-3H3,(H,30,32)/t14-,15-/m1/s1. The van der Waals surface area contributed by atoms with Crippen molar-refractivity contribution >= 4 is 38.8 Å². The van der Waals surface area contributed by atoms with Crippen LogP contribution in [-0.4, -0.2) is 50.3 Å². The van der Waals surface area contributed by atoms with Gasteiger partial charge in [-0.3, -0.25) is 4.79 Å². The molecule has 1 fully saturated rings. The van der Waals surface area contributed by atoms with Gasteiger partial charge in [0.05, 0.1) is 24.0 Å². The van der Waals surface area contributed by atoms with E-state index in [0.717, 1.165) is 23.1 Å². The number of nitrogens with zero attached hydrogens (tertiary/aromatic N) is 2. The molecule has 1 saturated heterocycles. The van der Waals surface area contributed by atoms with Crippen LogP contribution in [0.25, 0.3) is 10.2 Å². The molecule has 0 saturated carbocycles. The molecule has 7 nitrogen and oxygen atoms in total. The molecule has 0 unspecified atom stereocenters. The van der Waals surface area contributed by atoms with Crippen LogP contribution in [-0.2, 0) is 11.2 Å². The Kier molecular flexibility index (Phi) is 6.27. The van der Waals surface area contributed by atoms with Crippen LogP contribution in [0.4, 0.5) is 20.2 Å². The van der Waals surface area contributed by atoms with Gasteiger partial charge in [-0.05, 0) is 31.9 Å². The van der Waals surface area contributed by atoms with E-state index in [1.807, 2.05) is 24.8 Å². The lowest BCUT2D eigenvalue weighted by atomic mass is 10.0. The Balaban J connectivity index is 1.34. The molecule has 2 aliphatic heterocycles. The quantitative estimate of drug-likeness (QED) is 0.549. The predicted octanol–water partition coefficient (Wildman–Crippen LogP) is 3.98. The smallest absolute Gasteiger partial charge is 0.263 e. The number of benzene rings is 1. The van der Waals surface area contributed by atoms with Crippen molar-refractivity contribution in [1.29, 1.82) is 0 Å². The molecule has 1 amide bonds. The fourth-order valence-electron chi connectivity index (χ4n) is 5.09. The minimum absolute atomic E-state index is 0.0338. The normalized spacial score (nSPS) is 19.6. The molecule has 186 valence electrons. The van der Waals surface area contributed by atoms with Gasteiger partial charge in [-0.2, -0.15) is 0 Å². The van der Waals surface area contributed by atoms with Gasteiger partial charge < -0.3 is 25.4 Å². The Morgan fingerprint density at radius 2 is 2.17 bits per heavy atom. The molecule has 0 radical (unpaired) electrons. The van der Waals surface area contributed by atoms with Crippen molar-refractivity contribution in [3.8, 4) is 5.75 Å². The molecule has 5 rings (SSSR count). The summed E-state index contributed by atoms with van der Waals surface area (Å²) in [5.74, 6) is -1.27. The summed E-state index contributed by atoms with van der Waals surface area (Å²) in [6.07, 6.45) is 0.980. The number of amides is 1. The fraction of sp³-hybridized carbons (Fsp3) is 0.440. The van der Waals surface area contributed by atoms with Gasteiger partial charge in [-0.15, -0.1) is 11.3 Å². The van der Waals surface area contributed by atoms with Crippen LogP contribution >= 0.6 is 11.3 Å². The first-order valence-corrected chi connectivity index (χ1v) is 12.4. The van der Waals surface area contributed by atoms with E-state index in [-0.39, 0.29) is 41.9 Å². The van der Waals surface area contributed by atoms with Crippen molar-refractivity contribution in [1.82, 2.24) is 10.3 Å². The second-order valence-corrected chi connectivity index (χ2v) is 10.3. The lowest BCUT2D eigenvalue weighted by Gasteiger charge is -2.29. The van der Waals surface area contributed by atoms with Gasteiger partial charge in [0.1, 0.15) is 22.1 Å². The number of ether oxygens (including phenoxy) is 2. The molecule has 3 N–H and O–H groups in total. The van der Waals surface area contributed by atoms with Gasteiger partial charge in [0.15, 0.2) is 11.6 Å². The number of halogens is 2. The topological polar surface area (TPSA) is 89.7 Å². The van der Waals surface area contributed by atoms with E-state index in [1.165, 1.54) is 17.4 Å². The number of nitrogens with two attached hydrogens (primary N) is 1. The summed E-state index contributed by atoms with van der Waals surface area (Å²) in [6, 6.07) is 2.63. The Bertz CT molecular complexity index is 1310. The van der Waals surface area contributed by atoms with Gasteiger partial charge in [-0.1, -0.05) is 0 Å². The molecule has 2 aromatic heterocycles. The molecule has 35 heavy (non-hydrogen) atoms. The van der Waals surface area contributed by atoms with Crippen molar-refractivity contribution in [2.24, 2.45) is 5.92 Å². The Labute approximate surface area is 206 Å². The molecule has 10 heteroatoms. The number of nitrogens with one attached hydrogen (secondary N) is 1. The maximum atomic E-state index is 15.3. The number of hydrogen-bond donors (Lipinski definition) is 2. The number of rotatable bonds is 5. The zero-order valence-electron chi connectivity index (χ0n) is 19.9. The van der Waals surface area contributed by atoms with E-state index in [1.54, 1.807) is 7.11 Å². The highest BCUT2D eigenvalue weighted by Crippen LogP contribution is 2.39. The number of methoxy groups -OCH3 is 1. The summed E-state index contributed by atoms with van der Waals surface area (Å²) in [4.78, 5) is 20.4. The molecule has 3 aromatic rings. The van der Waals surface area contributed by atoms with Gasteiger partial charge in [-0.25, -0.2) is 13.8 Å². The third-order valence-electron chi connectivity index (χ3n) is 6.72. The number of fused-ring (bicyclic) bond motifs is 2. The van der Waals surface area contributed by atoms with E-state index in [2.05, 4.69) is 10.3 Å². The molecule has 0 bridgehead atoms. The molecular formula is C25H28F2N4O3S. The van der Waals surface area contributed by atoms with Gasteiger partial charge in [0, 0.05) is 55.2 Å². The second kappa shape index (κ2) is 9.23. The van der Waals surface area contributed by atoms with Crippen LogP contribution in [0.1, 0.15) is 32.9 Å². The number of thiophene rings is 1. The minimum atomic E-state index is -0.560. The number of nitrogen functional groups attached to an aromatic ring is 1. The highest BCUT2D eigenvalue weighted by Gasteiger charge is 2.33. The first-order chi connectivity index (χ1) is 16.8. The molecule has 2 atom stereocenters. The van der Waals surface area contributed by atoms with Crippen molar-refractivity contribution in [2.75, 3.05) is 44.0 Å². The van der Waals surface area contributed by atoms with Crippen molar-refractivity contribution in [2.45, 2.75) is 32.7 Å². The van der Waals surface area contributed by atoms with Crippen LogP contribution in [0.2, 0.25) is 0 Å². The predicted molar refractivity (Wildman–Crippen MR) is 133 cm³/mol. The summed E-state index contributed by atoms with van der Waals surface area (Å²) in [7, 11) is 1.64. The third-order valence-corrected chi connectivity index (χ3v) is 7.82.